The minimum atomic E-state index is -3.86. The summed E-state index contributed by atoms with van der Waals surface area (Å²) in [6.45, 7) is 0. The second kappa shape index (κ2) is 8.81. The SMILES string of the molecule is COc1cc2c(cc1NC(=O)c1cccc(S(=O)(=O)N(C)c3ccccc3)c1)oc1ccccc12. The number of benzene rings is 4. The van der Waals surface area contributed by atoms with E-state index in [-0.39, 0.29) is 10.5 Å². The summed E-state index contributed by atoms with van der Waals surface area (Å²) in [7, 11) is -0.867. The molecule has 8 heteroatoms. The van der Waals surface area contributed by atoms with E-state index in [2.05, 4.69) is 5.32 Å². The fraction of sp³-hybridized carbons (Fsp3) is 0.0741. The van der Waals surface area contributed by atoms with E-state index in [1.807, 2.05) is 36.4 Å². The Kier molecular flexibility index (Phi) is 5.66. The van der Waals surface area contributed by atoms with Crippen molar-refractivity contribution in [3.63, 3.8) is 0 Å². The molecule has 0 bridgehead atoms. The number of nitrogens with zero attached hydrogens (tertiary/aromatic N) is 1. The van der Waals surface area contributed by atoms with Crippen molar-refractivity contribution in [2.24, 2.45) is 0 Å². The van der Waals surface area contributed by atoms with Gasteiger partial charge in [-0.1, -0.05) is 42.5 Å². The molecule has 176 valence electrons. The van der Waals surface area contributed by atoms with Crippen LogP contribution in [0.5, 0.6) is 5.75 Å². The first kappa shape index (κ1) is 22.5. The molecule has 0 unspecified atom stereocenters. The lowest BCUT2D eigenvalue weighted by molar-refractivity contribution is 0.102. The van der Waals surface area contributed by atoms with Crippen LogP contribution in [0.25, 0.3) is 21.9 Å². The number of para-hydroxylation sites is 2. The standard InChI is InChI=1S/C27H22N2O5S/c1-29(19-10-4-3-5-11-19)35(31,32)20-12-8-9-18(15-20)27(30)28-23-17-25-22(16-26(23)33-2)21-13-6-7-14-24(21)34-25/h3-17H,1-2H3,(H,28,30). The van der Waals surface area contributed by atoms with Crippen LogP contribution in [0.3, 0.4) is 0 Å². The summed E-state index contributed by atoms with van der Waals surface area (Å²) in [6.07, 6.45) is 0. The smallest absolute Gasteiger partial charge is 0.264 e. The molecule has 0 fully saturated rings. The van der Waals surface area contributed by atoms with Crippen LogP contribution in [0.2, 0.25) is 0 Å². The molecule has 1 heterocycles. The Morgan fingerprint density at radius 2 is 1.60 bits per heavy atom. The van der Waals surface area contributed by atoms with Gasteiger partial charge in [-0.2, -0.15) is 0 Å². The van der Waals surface area contributed by atoms with Crippen LogP contribution in [-0.4, -0.2) is 28.5 Å². The number of hydrogen-bond acceptors (Lipinski definition) is 5. The summed E-state index contributed by atoms with van der Waals surface area (Å²) in [6, 6.07) is 25.8. The van der Waals surface area contributed by atoms with Gasteiger partial charge in [0.2, 0.25) is 0 Å². The number of anilines is 2. The number of hydrogen-bond donors (Lipinski definition) is 1. The number of carbonyl (C=O) groups is 1. The summed E-state index contributed by atoms with van der Waals surface area (Å²) in [5, 5.41) is 4.63. The number of furan rings is 1. The molecule has 1 aromatic heterocycles. The van der Waals surface area contributed by atoms with E-state index in [1.54, 1.807) is 42.5 Å². The molecule has 0 spiro atoms. The van der Waals surface area contributed by atoms with Crippen LogP contribution in [0.15, 0.2) is 100 Å². The Hall–Kier alpha value is -4.30. The molecule has 0 atom stereocenters. The number of rotatable bonds is 6. The zero-order valence-corrected chi connectivity index (χ0v) is 19.9. The zero-order valence-electron chi connectivity index (χ0n) is 19.1. The topological polar surface area (TPSA) is 88.8 Å². The van der Waals surface area contributed by atoms with E-state index < -0.39 is 15.9 Å². The van der Waals surface area contributed by atoms with Crippen molar-refractivity contribution in [2.75, 3.05) is 23.8 Å². The molecule has 0 aliphatic carbocycles. The third-order valence-corrected chi connectivity index (χ3v) is 7.60. The molecule has 0 saturated heterocycles. The molecule has 7 nitrogen and oxygen atoms in total. The molecule has 5 aromatic rings. The van der Waals surface area contributed by atoms with E-state index in [1.165, 1.54) is 30.6 Å². The number of sulfonamides is 1. The predicted octanol–water partition coefficient (Wildman–Crippen LogP) is 5.67. The third-order valence-electron chi connectivity index (χ3n) is 5.82. The molecule has 0 aliphatic heterocycles. The van der Waals surface area contributed by atoms with Crippen molar-refractivity contribution in [3.05, 3.63) is 96.6 Å². The van der Waals surface area contributed by atoms with Gasteiger partial charge in [0.15, 0.2) is 0 Å². The molecule has 1 amide bonds. The van der Waals surface area contributed by atoms with Gasteiger partial charge in [0, 0.05) is 29.4 Å². The quantitative estimate of drug-likeness (QED) is 0.334. The first-order valence-electron chi connectivity index (χ1n) is 10.8. The largest absolute Gasteiger partial charge is 0.495 e. The summed E-state index contributed by atoms with van der Waals surface area (Å²) >= 11 is 0. The van der Waals surface area contributed by atoms with Crippen molar-refractivity contribution in [3.8, 4) is 5.75 Å². The average Bonchev–Trinajstić information content (AvgIpc) is 3.25. The summed E-state index contributed by atoms with van der Waals surface area (Å²) in [4.78, 5) is 13.1. The van der Waals surface area contributed by atoms with Crippen LogP contribution in [0.4, 0.5) is 11.4 Å². The van der Waals surface area contributed by atoms with Crippen molar-refractivity contribution in [2.45, 2.75) is 4.90 Å². The first-order valence-corrected chi connectivity index (χ1v) is 12.3. The lowest BCUT2D eigenvalue weighted by Gasteiger charge is -2.19. The van der Waals surface area contributed by atoms with Gasteiger partial charge in [-0.15, -0.1) is 0 Å². The fourth-order valence-electron chi connectivity index (χ4n) is 3.95. The molecule has 4 aromatic carbocycles. The van der Waals surface area contributed by atoms with Crippen molar-refractivity contribution in [1.29, 1.82) is 0 Å². The molecule has 35 heavy (non-hydrogen) atoms. The predicted molar refractivity (Wildman–Crippen MR) is 137 cm³/mol. The average molecular weight is 487 g/mol. The maximum absolute atomic E-state index is 13.2. The van der Waals surface area contributed by atoms with Gasteiger partial charge in [-0.3, -0.25) is 9.10 Å². The van der Waals surface area contributed by atoms with Gasteiger partial charge >= 0.3 is 0 Å². The Morgan fingerprint density at radius 1 is 0.857 bits per heavy atom. The minimum Gasteiger partial charge on any atom is -0.495 e. The molecule has 0 aliphatic rings. The van der Waals surface area contributed by atoms with Gasteiger partial charge in [-0.05, 0) is 42.5 Å². The molecule has 0 radical (unpaired) electrons. The summed E-state index contributed by atoms with van der Waals surface area (Å²) in [5.41, 5.74) is 2.46. The van der Waals surface area contributed by atoms with Gasteiger partial charge in [-0.25, -0.2) is 8.42 Å². The maximum atomic E-state index is 13.2. The summed E-state index contributed by atoms with van der Waals surface area (Å²) < 4.78 is 38.9. The fourth-order valence-corrected chi connectivity index (χ4v) is 5.19. The Bertz CT molecular complexity index is 1660. The van der Waals surface area contributed by atoms with Crippen LogP contribution < -0.4 is 14.4 Å². The molecular weight excluding hydrogens is 464 g/mol. The van der Waals surface area contributed by atoms with Crippen molar-refractivity contribution >= 4 is 49.2 Å². The van der Waals surface area contributed by atoms with E-state index in [9.17, 15) is 13.2 Å². The normalized spacial score (nSPS) is 11.5. The highest BCUT2D eigenvalue weighted by Gasteiger charge is 2.23. The molecule has 1 N–H and O–H groups in total. The summed E-state index contributed by atoms with van der Waals surface area (Å²) in [5.74, 6) is -0.0110. The highest BCUT2D eigenvalue weighted by molar-refractivity contribution is 7.92. The van der Waals surface area contributed by atoms with E-state index in [0.29, 0.717) is 22.7 Å². The van der Waals surface area contributed by atoms with E-state index in [4.69, 9.17) is 9.15 Å². The first-order chi connectivity index (χ1) is 16.9. The lowest BCUT2D eigenvalue weighted by atomic mass is 10.1. The number of carbonyl (C=O) groups excluding carboxylic acids is 1. The Balaban J connectivity index is 1.47. The number of ether oxygens (including phenoxy) is 1. The number of fused-ring (bicyclic) bond motifs is 3. The van der Waals surface area contributed by atoms with Crippen LogP contribution in [0, 0.1) is 0 Å². The highest BCUT2D eigenvalue weighted by atomic mass is 32.2. The van der Waals surface area contributed by atoms with Crippen molar-refractivity contribution in [1.82, 2.24) is 0 Å². The zero-order chi connectivity index (χ0) is 24.6. The monoisotopic (exact) mass is 486 g/mol. The van der Waals surface area contributed by atoms with Gasteiger partial charge < -0.3 is 14.5 Å². The number of nitrogens with one attached hydrogen (secondary N) is 1. The Labute approximate surface area is 202 Å². The lowest BCUT2D eigenvalue weighted by Crippen LogP contribution is -2.26. The van der Waals surface area contributed by atoms with Crippen LogP contribution in [-0.2, 0) is 10.0 Å². The van der Waals surface area contributed by atoms with Crippen LogP contribution >= 0.6 is 0 Å². The second-order valence-corrected chi connectivity index (χ2v) is 9.91. The minimum absolute atomic E-state index is 0.0104. The highest BCUT2D eigenvalue weighted by Crippen LogP contribution is 2.36. The van der Waals surface area contributed by atoms with E-state index in [0.717, 1.165) is 16.4 Å². The van der Waals surface area contributed by atoms with Crippen molar-refractivity contribution < 1.29 is 22.4 Å². The van der Waals surface area contributed by atoms with E-state index >= 15 is 0 Å². The van der Waals surface area contributed by atoms with Gasteiger partial charge in [0.1, 0.15) is 16.9 Å². The maximum Gasteiger partial charge on any atom is 0.264 e. The Morgan fingerprint density at radius 3 is 2.37 bits per heavy atom. The van der Waals surface area contributed by atoms with Gasteiger partial charge in [0.25, 0.3) is 15.9 Å². The molecule has 5 rings (SSSR count). The molecular formula is C27H22N2O5S. The van der Waals surface area contributed by atoms with Crippen LogP contribution in [0.1, 0.15) is 10.4 Å². The third kappa shape index (κ3) is 4.08. The van der Waals surface area contributed by atoms with Gasteiger partial charge in [0.05, 0.1) is 23.4 Å². The molecule has 0 saturated carbocycles. The number of amides is 1. The second-order valence-electron chi connectivity index (χ2n) is 7.94. The number of methoxy groups -OCH3 is 1.